The Hall–Kier alpha value is -1.31. The molecule has 3 N–H and O–H groups in total. The molecule has 0 aromatic carbocycles. The molecule has 1 rings (SSSR count). The van der Waals surface area contributed by atoms with Crippen molar-refractivity contribution in [3.63, 3.8) is 0 Å². The van der Waals surface area contributed by atoms with E-state index in [0.717, 1.165) is 0 Å². The first-order valence-corrected chi connectivity index (χ1v) is 6.42. The lowest BCUT2D eigenvalue weighted by Crippen LogP contribution is -2.60. The number of carbonyl (C=O) groups is 2. The zero-order chi connectivity index (χ0) is 15.6. The van der Waals surface area contributed by atoms with Gasteiger partial charge in [0.05, 0.1) is 0 Å². The predicted molar refractivity (Wildman–Crippen MR) is 65.1 cm³/mol. The van der Waals surface area contributed by atoms with Crippen LogP contribution in [0.1, 0.15) is 33.1 Å². The van der Waals surface area contributed by atoms with Gasteiger partial charge in [0.1, 0.15) is 5.54 Å². The van der Waals surface area contributed by atoms with Gasteiger partial charge in [0, 0.05) is 6.54 Å². The normalized spacial score (nSPS) is 26.1. The van der Waals surface area contributed by atoms with Crippen LogP contribution in [0.2, 0.25) is 0 Å². The maximum Gasteiger partial charge on any atom is 0.404 e. The molecule has 0 spiro atoms. The first-order valence-electron chi connectivity index (χ1n) is 6.42. The minimum Gasteiger partial charge on any atom is -0.480 e. The van der Waals surface area contributed by atoms with E-state index in [-0.39, 0.29) is 19.4 Å². The third-order valence-corrected chi connectivity index (χ3v) is 3.74. The van der Waals surface area contributed by atoms with Crippen LogP contribution >= 0.6 is 0 Å². The van der Waals surface area contributed by atoms with Gasteiger partial charge in [-0.25, -0.2) is 4.79 Å². The van der Waals surface area contributed by atoms with Gasteiger partial charge in [-0.2, -0.15) is 13.2 Å². The van der Waals surface area contributed by atoms with Crippen molar-refractivity contribution < 1.29 is 27.9 Å². The van der Waals surface area contributed by atoms with E-state index in [4.69, 9.17) is 5.11 Å². The van der Waals surface area contributed by atoms with E-state index in [1.165, 1.54) is 6.92 Å². The molecule has 1 aliphatic rings. The van der Waals surface area contributed by atoms with Crippen LogP contribution in [0.3, 0.4) is 0 Å². The third-order valence-electron chi connectivity index (χ3n) is 3.74. The zero-order valence-corrected chi connectivity index (χ0v) is 11.4. The topological polar surface area (TPSA) is 78.4 Å². The highest BCUT2D eigenvalue weighted by molar-refractivity contribution is 5.90. The smallest absolute Gasteiger partial charge is 0.404 e. The van der Waals surface area contributed by atoms with Crippen LogP contribution in [0.15, 0.2) is 0 Å². The summed E-state index contributed by atoms with van der Waals surface area (Å²) in [6, 6.07) is 0. The lowest BCUT2D eigenvalue weighted by atomic mass is 9.83. The van der Waals surface area contributed by atoms with E-state index in [1.807, 2.05) is 0 Å². The van der Waals surface area contributed by atoms with Crippen LogP contribution in [0.5, 0.6) is 0 Å². The molecule has 8 heteroatoms. The highest BCUT2D eigenvalue weighted by Gasteiger charge is 2.62. The summed E-state index contributed by atoms with van der Waals surface area (Å²) < 4.78 is 39.5. The molecule has 1 saturated heterocycles. The van der Waals surface area contributed by atoms with Crippen molar-refractivity contribution in [2.24, 2.45) is 5.41 Å². The summed E-state index contributed by atoms with van der Waals surface area (Å²) in [7, 11) is 0. The van der Waals surface area contributed by atoms with Crippen LogP contribution in [-0.2, 0) is 9.59 Å². The first-order chi connectivity index (χ1) is 9.09. The average Bonchev–Trinajstić information content (AvgIpc) is 2.78. The Balaban J connectivity index is 3.00. The molecule has 1 aliphatic heterocycles. The zero-order valence-electron chi connectivity index (χ0n) is 11.4. The second kappa shape index (κ2) is 5.59. The Morgan fingerprint density at radius 3 is 2.35 bits per heavy atom. The number of aliphatic carboxylic acids is 1. The number of hydrogen-bond acceptors (Lipinski definition) is 3. The van der Waals surface area contributed by atoms with Gasteiger partial charge in [0.15, 0.2) is 5.41 Å². The average molecular weight is 296 g/mol. The van der Waals surface area contributed by atoms with Gasteiger partial charge in [0.2, 0.25) is 5.91 Å². The third kappa shape index (κ3) is 2.89. The standard InChI is InChI=1S/C12H19F3N2O3/c1-3-4-10(2,9(19)20)17-8(18)11(12(13,14)15)5-6-16-7-11/h16H,3-7H2,1-2H3,(H,17,18)(H,19,20). The quantitative estimate of drug-likeness (QED) is 0.714. The van der Waals surface area contributed by atoms with Crippen LogP contribution in [0, 0.1) is 5.41 Å². The van der Waals surface area contributed by atoms with Gasteiger partial charge >= 0.3 is 12.1 Å². The number of carboxylic acid groups (broad SMARTS) is 1. The van der Waals surface area contributed by atoms with Crippen molar-refractivity contribution in [3.8, 4) is 0 Å². The SMILES string of the molecule is CCCC(C)(NC(=O)C1(C(F)(F)F)CCNC1)C(=O)O. The van der Waals surface area contributed by atoms with Gasteiger partial charge in [-0.1, -0.05) is 13.3 Å². The van der Waals surface area contributed by atoms with E-state index in [9.17, 15) is 22.8 Å². The molecule has 2 unspecified atom stereocenters. The molecule has 0 saturated carbocycles. The molecule has 20 heavy (non-hydrogen) atoms. The van der Waals surface area contributed by atoms with Crippen LogP contribution in [0.25, 0.3) is 0 Å². The molecule has 0 bridgehead atoms. The van der Waals surface area contributed by atoms with E-state index in [1.54, 1.807) is 6.92 Å². The Morgan fingerprint density at radius 2 is 2.00 bits per heavy atom. The van der Waals surface area contributed by atoms with Crippen LogP contribution < -0.4 is 10.6 Å². The fourth-order valence-corrected chi connectivity index (χ4v) is 2.35. The van der Waals surface area contributed by atoms with Crippen LogP contribution in [0.4, 0.5) is 13.2 Å². The van der Waals surface area contributed by atoms with Crippen molar-refractivity contribution in [1.82, 2.24) is 10.6 Å². The largest absolute Gasteiger partial charge is 0.480 e. The second-order valence-electron chi connectivity index (χ2n) is 5.35. The number of amides is 1. The maximum absolute atomic E-state index is 13.2. The molecule has 1 amide bonds. The van der Waals surface area contributed by atoms with Crippen molar-refractivity contribution in [3.05, 3.63) is 0 Å². The van der Waals surface area contributed by atoms with E-state index >= 15 is 0 Å². The van der Waals surface area contributed by atoms with Gasteiger partial charge in [-0.15, -0.1) is 0 Å². The van der Waals surface area contributed by atoms with E-state index in [2.05, 4.69) is 10.6 Å². The second-order valence-corrected chi connectivity index (χ2v) is 5.35. The maximum atomic E-state index is 13.2. The summed E-state index contributed by atoms with van der Waals surface area (Å²) in [4.78, 5) is 23.3. The fraction of sp³-hybridized carbons (Fsp3) is 0.833. The number of rotatable bonds is 5. The Morgan fingerprint density at radius 1 is 1.40 bits per heavy atom. The number of halogens is 3. The number of hydrogen-bond donors (Lipinski definition) is 3. The number of carboxylic acids is 1. The molecule has 1 fully saturated rings. The molecule has 0 aromatic rings. The van der Waals surface area contributed by atoms with Crippen molar-refractivity contribution in [1.29, 1.82) is 0 Å². The van der Waals surface area contributed by atoms with Gasteiger partial charge in [-0.3, -0.25) is 4.79 Å². The molecular weight excluding hydrogens is 277 g/mol. The van der Waals surface area contributed by atoms with E-state index < -0.39 is 35.6 Å². The Bertz CT molecular complexity index is 392. The molecule has 0 aliphatic carbocycles. The summed E-state index contributed by atoms with van der Waals surface area (Å²) in [5.74, 6) is -2.61. The predicted octanol–water partition coefficient (Wildman–Crippen LogP) is 1.29. The summed E-state index contributed by atoms with van der Waals surface area (Å²) >= 11 is 0. The highest BCUT2D eigenvalue weighted by Crippen LogP contribution is 2.43. The van der Waals surface area contributed by atoms with Gasteiger partial charge in [0.25, 0.3) is 0 Å². The van der Waals surface area contributed by atoms with Crippen molar-refractivity contribution in [2.75, 3.05) is 13.1 Å². The van der Waals surface area contributed by atoms with Gasteiger partial charge < -0.3 is 15.7 Å². The number of carbonyl (C=O) groups excluding carboxylic acids is 1. The number of alkyl halides is 3. The van der Waals surface area contributed by atoms with Gasteiger partial charge in [-0.05, 0) is 26.3 Å². The molecule has 1 heterocycles. The van der Waals surface area contributed by atoms with E-state index in [0.29, 0.717) is 6.42 Å². The minimum atomic E-state index is -4.72. The lowest BCUT2D eigenvalue weighted by molar-refractivity contribution is -0.217. The number of nitrogens with one attached hydrogen (secondary N) is 2. The molecule has 0 radical (unpaired) electrons. The molecule has 0 aromatic heterocycles. The molecular formula is C12H19F3N2O3. The van der Waals surface area contributed by atoms with Crippen LogP contribution in [-0.4, -0.2) is 41.8 Å². The summed E-state index contributed by atoms with van der Waals surface area (Å²) in [5, 5.41) is 13.7. The molecule has 116 valence electrons. The highest BCUT2D eigenvalue weighted by atomic mass is 19.4. The summed E-state index contributed by atoms with van der Waals surface area (Å²) in [5.41, 5.74) is -4.23. The lowest BCUT2D eigenvalue weighted by Gasteiger charge is -2.34. The monoisotopic (exact) mass is 296 g/mol. The summed E-state index contributed by atoms with van der Waals surface area (Å²) in [6.07, 6.45) is -4.61. The fourth-order valence-electron chi connectivity index (χ4n) is 2.35. The van der Waals surface area contributed by atoms with Crippen molar-refractivity contribution >= 4 is 11.9 Å². The first kappa shape index (κ1) is 16.7. The Kier molecular flexibility index (Phi) is 4.68. The van der Waals surface area contributed by atoms with Crippen molar-refractivity contribution in [2.45, 2.75) is 44.8 Å². The molecule has 2 atom stereocenters. The summed E-state index contributed by atoms with van der Waals surface area (Å²) in [6.45, 7) is 2.47. The minimum absolute atomic E-state index is 0.0649. The molecule has 5 nitrogen and oxygen atoms in total. The Labute approximate surface area is 114 Å².